The van der Waals surface area contributed by atoms with E-state index in [-0.39, 0.29) is 6.10 Å². The Labute approximate surface area is 101 Å². The van der Waals surface area contributed by atoms with Crippen LogP contribution in [0.3, 0.4) is 0 Å². The quantitative estimate of drug-likeness (QED) is 0.536. The molecular weight excluding hydrogens is 220 g/mol. The van der Waals surface area contributed by atoms with Crippen molar-refractivity contribution in [1.82, 2.24) is 0 Å². The Kier molecular flexibility index (Phi) is 3.88. The largest absolute Gasteiger partial charge is 0.497 e. The van der Waals surface area contributed by atoms with Crippen LogP contribution in [0.25, 0.3) is 0 Å². The van der Waals surface area contributed by atoms with Gasteiger partial charge in [0.2, 0.25) is 0 Å². The van der Waals surface area contributed by atoms with Crippen LogP contribution in [-0.2, 0) is 4.74 Å². The first-order chi connectivity index (χ1) is 8.33. The average molecular weight is 236 g/mol. The van der Waals surface area contributed by atoms with Crippen molar-refractivity contribution in [2.75, 3.05) is 26.9 Å². The third kappa shape index (κ3) is 3.39. The molecule has 4 nitrogen and oxygen atoms in total. The molecule has 0 N–H and O–H groups in total. The maximum Gasteiger partial charge on any atom is 0.165 e. The molecule has 1 atom stereocenters. The van der Waals surface area contributed by atoms with Crippen LogP contribution in [0.5, 0.6) is 17.2 Å². The average Bonchev–Trinajstić information content (AvgIpc) is 3.18. The standard InChI is InChI=1S/C13H16O4/c1-3-6-15-13-7-10(14-2)4-5-12(13)17-9-11-8-16-11/h3-5,7,11H,1,6,8-9H2,2H3/t11-/m0/s1. The van der Waals surface area contributed by atoms with Crippen LogP contribution in [-0.4, -0.2) is 33.0 Å². The van der Waals surface area contributed by atoms with Gasteiger partial charge < -0.3 is 18.9 Å². The maximum atomic E-state index is 5.62. The van der Waals surface area contributed by atoms with Gasteiger partial charge in [0.05, 0.1) is 13.7 Å². The SMILES string of the molecule is C=CCOc1cc(OC)ccc1OC[C@@H]1CO1. The van der Waals surface area contributed by atoms with Gasteiger partial charge in [-0.3, -0.25) is 0 Å². The van der Waals surface area contributed by atoms with Crippen LogP contribution in [0.2, 0.25) is 0 Å². The molecule has 0 radical (unpaired) electrons. The molecule has 1 saturated heterocycles. The fourth-order valence-corrected chi connectivity index (χ4v) is 1.34. The molecule has 1 fully saturated rings. The molecule has 4 heteroatoms. The zero-order valence-corrected chi connectivity index (χ0v) is 9.85. The van der Waals surface area contributed by atoms with Crippen LogP contribution < -0.4 is 14.2 Å². The lowest BCUT2D eigenvalue weighted by atomic mass is 10.3. The summed E-state index contributed by atoms with van der Waals surface area (Å²) in [6.07, 6.45) is 1.91. The first kappa shape index (κ1) is 11.8. The molecule has 92 valence electrons. The van der Waals surface area contributed by atoms with Crippen LogP contribution in [0.4, 0.5) is 0 Å². The van der Waals surface area contributed by atoms with Gasteiger partial charge in [0.15, 0.2) is 11.5 Å². The second-order valence-electron chi connectivity index (χ2n) is 3.68. The monoisotopic (exact) mass is 236 g/mol. The number of hydrogen-bond acceptors (Lipinski definition) is 4. The zero-order valence-electron chi connectivity index (χ0n) is 9.85. The van der Waals surface area contributed by atoms with E-state index in [2.05, 4.69) is 6.58 Å². The van der Waals surface area contributed by atoms with Gasteiger partial charge >= 0.3 is 0 Å². The van der Waals surface area contributed by atoms with Crippen molar-refractivity contribution < 1.29 is 18.9 Å². The molecule has 0 spiro atoms. The van der Waals surface area contributed by atoms with Gasteiger partial charge in [-0.05, 0) is 12.1 Å². The summed E-state index contributed by atoms with van der Waals surface area (Å²) in [5.74, 6) is 2.09. The molecule has 1 heterocycles. The zero-order chi connectivity index (χ0) is 12.1. The highest BCUT2D eigenvalue weighted by atomic mass is 16.6. The maximum absolute atomic E-state index is 5.62. The highest BCUT2D eigenvalue weighted by Gasteiger charge is 2.23. The molecule has 17 heavy (non-hydrogen) atoms. The molecule has 0 aliphatic carbocycles. The van der Waals surface area contributed by atoms with Gasteiger partial charge in [0.1, 0.15) is 25.1 Å². The van der Waals surface area contributed by atoms with E-state index >= 15 is 0 Å². The van der Waals surface area contributed by atoms with E-state index in [0.717, 1.165) is 12.4 Å². The van der Waals surface area contributed by atoms with E-state index in [1.54, 1.807) is 19.3 Å². The lowest BCUT2D eigenvalue weighted by molar-refractivity contribution is 0.247. The number of ether oxygens (including phenoxy) is 4. The minimum atomic E-state index is 0.226. The van der Waals surface area contributed by atoms with E-state index in [9.17, 15) is 0 Å². The van der Waals surface area contributed by atoms with E-state index in [0.29, 0.717) is 24.7 Å². The van der Waals surface area contributed by atoms with Crippen molar-refractivity contribution in [2.45, 2.75) is 6.10 Å². The van der Waals surface area contributed by atoms with Crippen LogP contribution in [0, 0.1) is 0 Å². The second kappa shape index (κ2) is 5.59. The Morgan fingerprint density at radius 1 is 1.41 bits per heavy atom. The normalized spacial score (nSPS) is 17.4. The van der Waals surface area contributed by atoms with E-state index in [1.165, 1.54) is 0 Å². The first-order valence-electron chi connectivity index (χ1n) is 5.49. The fraction of sp³-hybridized carbons (Fsp3) is 0.385. The molecule has 0 saturated carbocycles. The molecule has 0 bridgehead atoms. The molecule has 0 amide bonds. The van der Waals surface area contributed by atoms with Crippen LogP contribution >= 0.6 is 0 Å². The minimum Gasteiger partial charge on any atom is -0.497 e. The minimum absolute atomic E-state index is 0.226. The Hall–Kier alpha value is -1.68. The summed E-state index contributed by atoms with van der Waals surface area (Å²) in [5.41, 5.74) is 0. The van der Waals surface area contributed by atoms with Crippen molar-refractivity contribution in [1.29, 1.82) is 0 Å². The molecule has 0 unspecified atom stereocenters. The van der Waals surface area contributed by atoms with Crippen LogP contribution in [0.15, 0.2) is 30.9 Å². The summed E-state index contributed by atoms with van der Waals surface area (Å²) in [6, 6.07) is 5.47. The van der Waals surface area contributed by atoms with Gasteiger partial charge in [0.25, 0.3) is 0 Å². The van der Waals surface area contributed by atoms with Gasteiger partial charge in [-0.25, -0.2) is 0 Å². The Balaban J connectivity index is 2.06. The smallest absolute Gasteiger partial charge is 0.165 e. The third-order valence-corrected chi connectivity index (χ3v) is 2.33. The lowest BCUT2D eigenvalue weighted by Gasteiger charge is -2.12. The van der Waals surface area contributed by atoms with Gasteiger partial charge in [-0.1, -0.05) is 12.7 Å². The summed E-state index contributed by atoms with van der Waals surface area (Å²) in [5, 5.41) is 0. The number of hydrogen-bond donors (Lipinski definition) is 0. The Morgan fingerprint density at radius 3 is 2.88 bits per heavy atom. The van der Waals surface area contributed by atoms with Crippen LogP contribution in [0.1, 0.15) is 0 Å². The van der Waals surface area contributed by atoms with Gasteiger partial charge in [-0.2, -0.15) is 0 Å². The fourth-order valence-electron chi connectivity index (χ4n) is 1.34. The molecule has 0 aromatic heterocycles. The Bertz CT molecular complexity index is 385. The summed E-state index contributed by atoms with van der Waals surface area (Å²) in [6.45, 7) is 5.38. The lowest BCUT2D eigenvalue weighted by Crippen LogP contribution is -2.06. The molecule has 1 aliphatic heterocycles. The van der Waals surface area contributed by atoms with Crippen molar-refractivity contribution in [3.8, 4) is 17.2 Å². The van der Waals surface area contributed by atoms with Crippen molar-refractivity contribution in [2.24, 2.45) is 0 Å². The van der Waals surface area contributed by atoms with E-state index in [1.807, 2.05) is 12.1 Å². The van der Waals surface area contributed by atoms with Gasteiger partial charge in [-0.15, -0.1) is 0 Å². The number of methoxy groups -OCH3 is 1. The number of epoxide rings is 1. The van der Waals surface area contributed by atoms with E-state index < -0.39 is 0 Å². The highest BCUT2D eigenvalue weighted by Crippen LogP contribution is 2.32. The molecule has 1 aromatic carbocycles. The predicted molar refractivity (Wildman–Crippen MR) is 63.9 cm³/mol. The predicted octanol–water partition coefficient (Wildman–Crippen LogP) is 2.04. The Morgan fingerprint density at radius 2 is 2.24 bits per heavy atom. The number of rotatable bonds is 7. The molecule has 1 aromatic rings. The molecule has 1 aliphatic rings. The second-order valence-corrected chi connectivity index (χ2v) is 3.68. The van der Waals surface area contributed by atoms with Crippen molar-refractivity contribution >= 4 is 0 Å². The third-order valence-electron chi connectivity index (χ3n) is 2.33. The van der Waals surface area contributed by atoms with Gasteiger partial charge in [0, 0.05) is 6.07 Å². The van der Waals surface area contributed by atoms with Crippen molar-refractivity contribution in [3.05, 3.63) is 30.9 Å². The molecular formula is C13H16O4. The molecule has 2 rings (SSSR count). The summed E-state index contributed by atoms with van der Waals surface area (Å²) in [4.78, 5) is 0. The first-order valence-corrected chi connectivity index (χ1v) is 5.49. The topological polar surface area (TPSA) is 40.2 Å². The number of benzene rings is 1. The van der Waals surface area contributed by atoms with Crippen molar-refractivity contribution in [3.63, 3.8) is 0 Å². The summed E-state index contributed by atoms with van der Waals surface area (Å²) in [7, 11) is 1.62. The van der Waals surface area contributed by atoms with E-state index in [4.69, 9.17) is 18.9 Å². The highest BCUT2D eigenvalue weighted by molar-refractivity contribution is 5.45. The summed E-state index contributed by atoms with van der Waals surface area (Å²) >= 11 is 0. The summed E-state index contributed by atoms with van der Waals surface area (Å²) < 4.78 is 21.4.